The number of nitrogens with one attached hydrogen (secondary N) is 2. The second-order valence-corrected chi connectivity index (χ2v) is 5.84. The third-order valence-electron chi connectivity index (χ3n) is 4.13. The molecule has 0 unspecified atom stereocenters. The van der Waals surface area contributed by atoms with E-state index in [1.54, 1.807) is 6.92 Å². The molecule has 6 heteroatoms. The first-order valence-corrected chi connectivity index (χ1v) is 7.59. The highest BCUT2D eigenvalue weighted by atomic mass is 19.1. The van der Waals surface area contributed by atoms with E-state index in [2.05, 4.69) is 10.6 Å². The van der Waals surface area contributed by atoms with Gasteiger partial charge in [-0.05, 0) is 35.7 Å². The number of fused-ring (bicyclic) bond motifs is 1. The highest BCUT2D eigenvalue weighted by Gasteiger charge is 2.33. The van der Waals surface area contributed by atoms with Gasteiger partial charge < -0.3 is 15.7 Å². The average Bonchev–Trinajstić information content (AvgIpc) is 2.87. The lowest BCUT2D eigenvalue weighted by molar-refractivity contribution is -0.137. The minimum absolute atomic E-state index is 0.200. The van der Waals surface area contributed by atoms with E-state index in [1.807, 2.05) is 24.3 Å². The summed E-state index contributed by atoms with van der Waals surface area (Å²) in [6.07, 6.45) is -0.359. The first-order chi connectivity index (χ1) is 11.5. The number of carbonyl (C=O) groups excluding carboxylic acids is 2. The maximum Gasteiger partial charge on any atom is 0.313 e. The summed E-state index contributed by atoms with van der Waals surface area (Å²) in [4.78, 5) is 24.1. The molecule has 24 heavy (non-hydrogen) atoms. The number of carbonyl (C=O) groups is 2. The third kappa shape index (κ3) is 3.14. The highest BCUT2D eigenvalue weighted by molar-refractivity contribution is 6.39. The van der Waals surface area contributed by atoms with Crippen LogP contribution in [0.2, 0.25) is 0 Å². The van der Waals surface area contributed by atoms with Crippen LogP contribution in [0.3, 0.4) is 0 Å². The number of aliphatic hydroxyl groups excluding tert-OH is 1. The van der Waals surface area contributed by atoms with Crippen LogP contribution in [0.25, 0.3) is 0 Å². The Bertz CT molecular complexity index is 807. The Morgan fingerprint density at radius 3 is 2.67 bits per heavy atom. The van der Waals surface area contributed by atoms with Crippen molar-refractivity contribution in [3.05, 3.63) is 65.0 Å². The van der Waals surface area contributed by atoms with E-state index in [1.165, 1.54) is 12.1 Å². The molecule has 0 saturated heterocycles. The van der Waals surface area contributed by atoms with Crippen LogP contribution in [0.1, 0.15) is 22.7 Å². The second-order valence-electron chi connectivity index (χ2n) is 5.84. The molecule has 0 saturated carbocycles. The van der Waals surface area contributed by atoms with Gasteiger partial charge in [0.2, 0.25) is 0 Å². The first kappa shape index (κ1) is 16.1. The summed E-state index contributed by atoms with van der Waals surface area (Å²) in [7, 11) is 0. The SMILES string of the molecule is Cc1ccc(NC(=O)C(=O)N[C@H]2c3ccccc3C[C@H]2O)cc1F. The third-order valence-corrected chi connectivity index (χ3v) is 4.13. The van der Waals surface area contributed by atoms with E-state index in [0.717, 1.165) is 17.2 Å². The van der Waals surface area contributed by atoms with Crippen LogP contribution in [0.4, 0.5) is 10.1 Å². The fourth-order valence-corrected chi connectivity index (χ4v) is 2.81. The van der Waals surface area contributed by atoms with Crippen LogP contribution in [0, 0.1) is 12.7 Å². The number of aliphatic hydroxyl groups is 1. The van der Waals surface area contributed by atoms with Crippen LogP contribution in [0.5, 0.6) is 0 Å². The Morgan fingerprint density at radius 2 is 1.92 bits per heavy atom. The molecule has 0 spiro atoms. The van der Waals surface area contributed by atoms with Crippen LogP contribution < -0.4 is 10.6 Å². The van der Waals surface area contributed by atoms with Gasteiger partial charge in [-0.1, -0.05) is 30.3 Å². The van der Waals surface area contributed by atoms with Gasteiger partial charge in [-0.25, -0.2) is 4.39 Å². The molecule has 3 N–H and O–H groups in total. The van der Waals surface area contributed by atoms with Crippen LogP contribution in [0.15, 0.2) is 42.5 Å². The normalized spacial score (nSPS) is 18.8. The van der Waals surface area contributed by atoms with Crippen LogP contribution >= 0.6 is 0 Å². The van der Waals surface area contributed by atoms with Crippen molar-refractivity contribution in [1.82, 2.24) is 5.32 Å². The van der Waals surface area contributed by atoms with E-state index in [9.17, 15) is 19.1 Å². The Labute approximate surface area is 138 Å². The van der Waals surface area contributed by atoms with Crippen molar-refractivity contribution in [2.45, 2.75) is 25.5 Å². The molecular weight excluding hydrogens is 311 g/mol. The van der Waals surface area contributed by atoms with Crippen LogP contribution in [-0.4, -0.2) is 23.0 Å². The Hall–Kier alpha value is -2.73. The largest absolute Gasteiger partial charge is 0.390 e. The summed E-state index contributed by atoms with van der Waals surface area (Å²) in [6, 6.07) is 10.9. The molecule has 0 fully saturated rings. The molecule has 1 aliphatic carbocycles. The summed E-state index contributed by atoms with van der Waals surface area (Å²) in [5, 5.41) is 15.0. The molecule has 0 aliphatic heterocycles. The van der Waals surface area contributed by atoms with Crippen molar-refractivity contribution in [3.63, 3.8) is 0 Å². The molecule has 3 rings (SSSR count). The minimum Gasteiger partial charge on any atom is -0.390 e. The minimum atomic E-state index is -0.908. The number of benzene rings is 2. The van der Waals surface area contributed by atoms with E-state index >= 15 is 0 Å². The highest BCUT2D eigenvalue weighted by Crippen LogP contribution is 2.31. The van der Waals surface area contributed by atoms with Gasteiger partial charge in [0.15, 0.2) is 0 Å². The van der Waals surface area contributed by atoms with Gasteiger partial charge in [-0.2, -0.15) is 0 Å². The van der Waals surface area contributed by atoms with E-state index < -0.39 is 29.8 Å². The summed E-state index contributed by atoms with van der Waals surface area (Å²) < 4.78 is 13.5. The molecule has 2 aromatic rings. The zero-order valence-electron chi connectivity index (χ0n) is 13.0. The predicted molar refractivity (Wildman–Crippen MR) is 86.8 cm³/mol. The molecule has 1 aliphatic rings. The average molecular weight is 328 g/mol. The Balaban J connectivity index is 1.68. The van der Waals surface area contributed by atoms with Crippen molar-refractivity contribution in [1.29, 1.82) is 0 Å². The van der Waals surface area contributed by atoms with Gasteiger partial charge >= 0.3 is 11.8 Å². The lowest BCUT2D eigenvalue weighted by Gasteiger charge is -2.17. The molecule has 0 bridgehead atoms. The molecule has 0 aromatic heterocycles. The summed E-state index contributed by atoms with van der Waals surface area (Å²) in [5.74, 6) is -2.25. The predicted octanol–water partition coefficient (Wildman–Crippen LogP) is 1.85. The molecular formula is C18H17FN2O3. The number of hydrogen-bond donors (Lipinski definition) is 3. The van der Waals surface area contributed by atoms with Gasteiger partial charge in [0, 0.05) is 12.1 Å². The smallest absolute Gasteiger partial charge is 0.313 e. The summed E-state index contributed by atoms with van der Waals surface area (Å²) >= 11 is 0. The maximum atomic E-state index is 13.5. The number of amides is 2. The van der Waals surface area contributed by atoms with E-state index in [0.29, 0.717) is 12.0 Å². The molecule has 0 radical (unpaired) electrons. The molecule has 0 heterocycles. The fraction of sp³-hybridized carbons (Fsp3) is 0.222. The standard InChI is InChI=1S/C18H17FN2O3/c1-10-6-7-12(9-14(10)19)20-17(23)18(24)21-16-13-5-3-2-4-11(13)8-15(16)22/h2-7,9,15-16,22H,8H2,1H3,(H,20,23)(H,21,24)/t15-,16+/m1/s1. The quantitative estimate of drug-likeness (QED) is 0.736. The van der Waals surface area contributed by atoms with Crippen molar-refractivity contribution >= 4 is 17.5 Å². The zero-order valence-corrected chi connectivity index (χ0v) is 13.0. The van der Waals surface area contributed by atoms with Gasteiger partial charge in [0.25, 0.3) is 0 Å². The van der Waals surface area contributed by atoms with Crippen LogP contribution in [-0.2, 0) is 16.0 Å². The monoisotopic (exact) mass is 328 g/mol. The Morgan fingerprint density at radius 1 is 1.17 bits per heavy atom. The second kappa shape index (κ2) is 6.41. The van der Waals surface area contributed by atoms with E-state index in [-0.39, 0.29) is 5.69 Å². The lowest BCUT2D eigenvalue weighted by atomic mass is 10.1. The summed E-state index contributed by atoms with van der Waals surface area (Å²) in [5.41, 5.74) is 2.39. The molecule has 5 nitrogen and oxygen atoms in total. The molecule has 124 valence electrons. The van der Waals surface area contributed by atoms with Gasteiger partial charge in [-0.3, -0.25) is 9.59 Å². The van der Waals surface area contributed by atoms with Gasteiger partial charge in [-0.15, -0.1) is 0 Å². The first-order valence-electron chi connectivity index (χ1n) is 7.59. The van der Waals surface area contributed by atoms with Gasteiger partial charge in [0.1, 0.15) is 5.82 Å². The molecule has 2 atom stereocenters. The summed E-state index contributed by atoms with van der Waals surface area (Å²) in [6.45, 7) is 1.60. The fourth-order valence-electron chi connectivity index (χ4n) is 2.81. The Kier molecular flexibility index (Phi) is 4.31. The number of hydrogen-bond acceptors (Lipinski definition) is 3. The lowest BCUT2D eigenvalue weighted by Crippen LogP contribution is -2.40. The van der Waals surface area contributed by atoms with Crippen molar-refractivity contribution in [2.24, 2.45) is 0 Å². The van der Waals surface area contributed by atoms with Crippen molar-refractivity contribution in [3.8, 4) is 0 Å². The molecule has 2 amide bonds. The topological polar surface area (TPSA) is 78.4 Å². The van der Waals surface area contributed by atoms with Crippen molar-refractivity contribution < 1.29 is 19.1 Å². The number of rotatable bonds is 2. The maximum absolute atomic E-state index is 13.5. The number of aryl methyl sites for hydroxylation is 1. The van der Waals surface area contributed by atoms with Crippen molar-refractivity contribution in [2.75, 3.05) is 5.32 Å². The van der Waals surface area contributed by atoms with Gasteiger partial charge in [0.05, 0.1) is 12.1 Å². The van der Waals surface area contributed by atoms with E-state index in [4.69, 9.17) is 0 Å². The molecule has 2 aromatic carbocycles. The number of anilines is 1. The zero-order chi connectivity index (χ0) is 17.3. The number of halogens is 1.